The van der Waals surface area contributed by atoms with Gasteiger partial charge in [0.2, 0.25) is 11.8 Å². The molecule has 2 amide bonds. The summed E-state index contributed by atoms with van der Waals surface area (Å²) >= 11 is 0. The van der Waals surface area contributed by atoms with E-state index in [0.29, 0.717) is 19.5 Å². The van der Waals surface area contributed by atoms with Crippen LogP contribution in [0.25, 0.3) is 0 Å². The van der Waals surface area contributed by atoms with Gasteiger partial charge in [0.1, 0.15) is 0 Å². The second-order valence-corrected chi connectivity index (χ2v) is 6.36. The largest absolute Gasteiger partial charge is 0.469 e. The maximum absolute atomic E-state index is 12.5. The fourth-order valence-electron chi connectivity index (χ4n) is 3.02. The van der Waals surface area contributed by atoms with E-state index in [2.05, 4.69) is 11.7 Å². The summed E-state index contributed by atoms with van der Waals surface area (Å²) in [5, 5.41) is 0. The smallest absolute Gasteiger partial charge is 0.305 e. The van der Waals surface area contributed by atoms with Gasteiger partial charge in [-0.1, -0.05) is 19.1 Å². The van der Waals surface area contributed by atoms with Crippen molar-refractivity contribution in [2.45, 2.75) is 32.6 Å². The number of aryl methyl sites for hydroxylation is 1. The zero-order valence-electron chi connectivity index (χ0n) is 15.2. The molecule has 0 radical (unpaired) electrons. The molecule has 1 aromatic carbocycles. The van der Waals surface area contributed by atoms with E-state index in [1.807, 2.05) is 24.3 Å². The Bertz CT molecular complexity index is 627. The summed E-state index contributed by atoms with van der Waals surface area (Å²) in [6, 6.07) is 7.89. The maximum atomic E-state index is 12.5. The number of carbonyl (C=O) groups excluding carboxylic acids is 3. The van der Waals surface area contributed by atoms with E-state index in [4.69, 9.17) is 0 Å². The summed E-state index contributed by atoms with van der Waals surface area (Å²) in [5.74, 6) is -0.684. The molecule has 0 bridgehead atoms. The average molecular weight is 346 g/mol. The highest BCUT2D eigenvalue weighted by Gasteiger charge is 2.36. The molecule has 1 aliphatic heterocycles. The third kappa shape index (κ3) is 4.81. The molecule has 2 rings (SSSR count). The van der Waals surface area contributed by atoms with Crippen molar-refractivity contribution in [3.63, 3.8) is 0 Å². The number of carbonyl (C=O) groups is 3. The maximum Gasteiger partial charge on any atom is 0.305 e. The third-order valence-corrected chi connectivity index (χ3v) is 4.61. The van der Waals surface area contributed by atoms with Crippen LogP contribution in [0.2, 0.25) is 0 Å². The Hall–Kier alpha value is -2.37. The van der Waals surface area contributed by atoms with Crippen molar-refractivity contribution in [1.82, 2.24) is 4.90 Å². The van der Waals surface area contributed by atoms with Gasteiger partial charge in [-0.3, -0.25) is 14.4 Å². The molecule has 25 heavy (non-hydrogen) atoms. The van der Waals surface area contributed by atoms with Crippen LogP contribution < -0.4 is 4.90 Å². The average Bonchev–Trinajstić information content (AvgIpc) is 3.02. The molecule has 0 aromatic heterocycles. The lowest BCUT2D eigenvalue weighted by Crippen LogP contribution is -2.35. The van der Waals surface area contributed by atoms with Crippen LogP contribution in [-0.4, -0.2) is 49.9 Å². The minimum absolute atomic E-state index is 0.0226. The topological polar surface area (TPSA) is 66.9 Å². The number of hydrogen-bond acceptors (Lipinski definition) is 4. The Morgan fingerprint density at radius 3 is 2.56 bits per heavy atom. The summed E-state index contributed by atoms with van der Waals surface area (Å²) in [5.41, 5.74) is 2.05. The Balaban J connectivity index is 1.91. The fourth-order valence-corrected chi connectivity index (χ4v) is 3.02. The first-order chi connectivity index (χ1) is 12.0. The van der Waals surface area contributed by atoms with Crippen molar-refractivity contribution in [1.29, 1.82) is 0 Å². The molecule has 6 heteroatoms. The van der Waals surface area contributed by atoms with E-state index in [9.17, 15) is 14.4 Å². The number of hydrogen-bond donors (Lipinski definition) is 0. The molecule has 0 spiro atoms. The SMILES string of the molecule is CCc1ccc(N2CC(C(=O)N(C)CCCC(=O)OC)CC2=O)cc1. The Morgan fingerprint density at radius 2 is 1.96 bits per heavy atom. The molecular weight excluding hydrogens is 320 g/mol. The first-order valence-electron chi connectivity index (χ1n) is 8.67. The van der Waals surface area contributed by atoms with E-state index in [1.54, 1.807) is 16.8 Å². The minimum atomic E-state index is -0.332. The number of methoxy groups -OCH3 is 1. The highest BCUT2D eigenvalue weighted by Crippen LogP contribution is 2.26. The number of esters is 1. The van der Waals surface area contributed by atoms with Crippen molar-refractivity contribution in [2.75, 3.05) is 32.1 Å². The molecule has 136 valence electrons. The third-order valence-electron chi connectivity index (χ3n) is 4.61. The summed E-state index contributed by atoms with van der Waals surface area (Å²) in [6.07, 6.45) is 2.02. The van der Waals surface area contributed by atoms with Crippen molar-refractivity contribution in [2.24, 2.45) is 5.92 Å². The van der Waals surface area contributed by atoms with Gasteiger partial charge in [0.25, 0.3) is 0 Å². The lowest BCUT2D eigenvalue weighted by atomic mass is 10.1. The van der Waals surface area contributed by atoms with Gasteiger partial charge in [-0.2, -0.15) is 0 Å². The highest BCUT2D eigenvalue weighted by atomic mass is 16.5. The molecule has 1 aromatic rings. The lowest BCUT2D eigenvalue weighted by Gasteiger charge is -2.21. The Labute approximate surface area is 148 Å². The van der Waals surface area contributed by atoms with E-state index < -0.39 is 0 Å². The lowest BCUT2D eigenvalue weighted by molar-refractivity contribution is -0.141. The molecule has 0 N–H and O–H groups in total. The van der Waals surface area contributed by atoms with Crippen LogP contribution in [-0.2, 0) is 25.5 Å². The Morgan fingerprint density at radius 1 is 1.28 bits per heavy atom. The number of benzene rings is 1. The van der Waals surface area contributed by atoms with Crippen LogP contribution in [0.4, 0.5) is 5.69 Å². The van der Waals surface area contributed by atoms with Gasteiger partial charge < -0.3 is 14.5 Å². The normalized spacial score (nSPS) is 16.8. The highest BCUT2D eigenvalue weighted by molar-refractivity contribution is 6.00. The molecule has 1 aliphatic rings. The van der Waals surface area contributed by atoms with Crippen molar-refractivity contribution in [3.05, 3.63) is 29.8 Å². The fraction of sp³-hybridized carbons (Fsp3) is 0.526. The molecule has 0 aliphatic carbocycles. The molecule has 1 saturated heterocycles. The zero-order chi connectivity index (χ0) is 18.4. The van der Waals surface area contributed by atoms with Gasteiger partial charge in [-0.25, -0.2) is 0 Å². The van der Waals surface area contributed by atoms with Crippen LogP contribution in [0.1, 0.15) is 31.7 Å². The van der Waals surface area contributed by atoms with E-state index in [1.165, 1.54) is 12.7 Å². The van der Waals surface area contributed by atoms with Gasteiger partial charge in [0.05, 0.1) is 13.0 Å². The second-order valence-electron chi connectivity index (χ2n) is 6.36. The summed E-state index contributed by atoms with van der Waals surface area (Å²) in [7, 11) is 3.06. The molecule has 1 atom stereocenters. The standard InChI is InChI=1S/C19H26N2O4/c1-4-14-7-9-16(10-8-14)21-13-15(12-17(21)22)19(24)20(2)11-5-6-18(23)25-3/h7-10,15H,4-6,11-13H2,1-3H3. The molecule has 1 fully saturated rings. The van der Waals surface area contributed by atoms with Crippen molar-refractivity contribution < 1.29 is 19.1 Å². The zero-order valence-corrected chi connectivity index (χ0v) is 15.2. The second kappa shape index (κ2) is 8.65. The number of anilines is 1. The molecule has 1 heterocycles. The minimum Gasteiger partial charge on any atom is -0.469 e. The van der Waals surface area contributed by atoms with Gasteiger partial charge >= 0.3 is 5.97 Å². The van der Waals surface area contributed by atoms with E-state index >= 15 is 0 Å². The Kier molecular flexibility index (Phi) is 6.56. The van der Waals surface area contributed by atoms with Crippen molar-refractivity contribution in [3.8, 4) is 0 Å². The van der Waals surface area contributed by atoms with Crippen LogP contribution in [0.5, 0.6) is 0 Å². The predicted octanol–water partition coefficient (Wildman–Crippen LogP) is 2.01. The van der Waals surface area contributed by atoms with Gasteiger partial charge in [-0.15, -0.1) is 0 Å². The summed E-state index contributed by atoms with van der Waals surface area (Å²) in [4.78, 5) is 39.3. The number of nitrogens with zero attached hydrogens (tertiary/aromatic N) is 2. The van der Waals surface area contributed by atoms with Crippen LogP contribution >= 0.6 is 0 Å². The van der Waals surface area contributed by atoms with E-state index in [-0.39, 0.29) is 36.5 Å². The van der Waals surface area contributed by atoms with Crippen molar-refractivity contribution >= 4 is 23.5 Å². The van der Waals surface area contributed by atoms with Gasteiger partial charge in [0, 0.05) is 38.7 Å². The van der Waals surface area contributed by atoms with E-state index in [0.717, 1.165) is 12.1 Å². The van der Waals surface area contributed by atoms with Gasteiger partial charge in [-0.05, 0) is 30.5 Å². The number of amides is 2. The molecular formula is C19H26N2O4. The molecule has 1 unspecified atom stereocenters. The van der Waals surface area contributed by atoms with Crippen LogP contribution in [0.3, 0.4) is 0 Å². The summed E-state index contributed by atoms with van der Waals surface area (Å²) < 4.78 is 4.59. The first-order valence-corrected chi connectivity index (χ1v) is 8.67. The summed E-state index contributed by atoms with van der Waals surface area (Å²) in [6.45, 7) is 2.97. The quantitative estimate of drug-likeness (QED) is 0.709. The molecule has 0 saturated carbocycles. The first kappa shape index (κ1) is 19.0. The van der Waals surface area contributed by atoms with Crippen LogP contribution in [0.15, 0.2) is 24.3 Å². The van der Waals surface area contributed by atoms with Crippen LogP contribution in [0, 0.1) is 5.92 Å². The number of ether oxygens (including phenoxy) is 1. The predicted molar refractivity (Wildman–Crippen MR) is 95.2 cm³/mol. The monoisotopic (exact) mass is 346 g/mol. The van der Waals surface area contributed by atoms with Gasteiger partial charge in [0.15, 0.2) is 0 Å². The molecule has 6 nitrogen and oxygen atoms in total. The number of rotatable bonds is 7.